The van der Waals surface area contributed by atoms with Crippen LogP contribution < -0.4 is 0 Å². The predicted octanol–water partition coefficient (Wildman–Crippen LogP) is 0.571. The van der Waals surface area contributed by atoms with Crippen molar-refractivity contribution in [2.45, 2.75) is 12.2 Å². The molecule has 0 amide bonds. The molecule has 1 aromatic carbocycles. The molecule has 0 bridgehead atoms. The van der Waals surface area contributed by atoms with Gasteiger partial charge in [-0.1, -0.05) is 11.6 Å². The number of rotatable bonds is 3. The van der Waals surface area contributed by atoms with Crippen molar-refractivity contribution in [2.75, 3.05) is 6.61 Å². The third-order valence-corrected chi connectivity index (χ3v) is 2.22. The van der Waals surface area contributed by atoms with Gasteiger partial charge in [0, 0.05) is 5.56 Å². The Morgan fingerprint density at radius 1 is 1.33 bits per heavy atom. The van der Waals surface area contributed by atoms with Gasteiger partial charge in [-0.2, -0.15) is 0 Å². The highest BCUT2D eigenvalue weighted by Crippen LogP contribution is 2.33. The summed E-state index contributed by atoms with van der Waals surface area (Å²) in [7, 11) is 0. The van der Waals surface area contributed by atoms with E-state index in [0.717, 1.165) is 12.1 Å². The lowest BCUT2D eigenvalue weighted by atomic mass is 10.0. The molecule has 84 valence electrons. The molecule has 0 aliphatic rings. The molecule has 15 heavy (non-hydrogen) atoms. The first kappa shape index (κ1) is 12.2. The molecule has 2 atom stereocenters. The number of phenols is 1. The smallest absolute Gasteiger partial charge is 0.140 e. The SMILES string of the molecule is OCC(O)C(O)c1cc(F)cc(Cl)c1O. The van der Waals surface area contributed by atoms with Crippen molar-refractivity contribution in [3.63, 3.8) is 0 Å². The van der Waals surface area contributed by atoms with Crippen LogP contribution in [0.3, 0.4) is 0 Å². The van der Waals surface area contributed by atoms with E-state index >= 15 is 0 Å². The number of hydrogen-bond acceptors (Lipinski definition) is 4. The minimum Gasteiger partial charge on any atom is -0.506 e. The summed E-state index contributed by atoms with van der Waals surface area (Å²) in [5.41, 5.74) is -0.262. The second-order valence-electron chi connectivity index (χ2n) is 3.02. The van der Waals surface area contributed by atoms with Crippen LogP contribution in [0.5, 0.6) is 5.75 Å². The Hall–Kier alpha value is -0.880. The number of phenolic OH excluding ortho intramolecular Hbond substituents is 1. The molecule has 0 radical (unpaired) electrons. The summed E-state index contributed by atoms with van der Waals surface area (Å²) >= 11 is 5.47. The molecule has 0 heterocycles. The monoisotopic (exact) mass is 236 g/mol. The molecule has 0 aliphatic heterocycles. The highest BCUT2D eigenvalue weighted by atomic mass is 35.5. The topological polar surface area (TPSA) is 80.9 Å². The molecule has 0 aliphatic carbocycles. The van der Waals surface area contributed by atoms with Gasteiger partial charge in [-0.25, -0.2) is 4.39 Å². The standard InChI is InChI=1S/C9H10ClFO4/c10-6-2-4(11)1-5(8(6)14)9(15)7(13)3-12/h1-2,7,9,12-15H,3H2. The normalized spacial score (nSPS) is 15.0. The van der Waals surface area contributed by atoms with E-state index in [0.29, 0.717) is 0 Å². The lowest BCUT2D eigenvalue weighted by Crippen LogP contribution is -2.22. The van der Waals surface area contributed by atoms with Crippen molar-refractivity contribution in [3.05, 3.63) is 28.5 Å². The number of aliphatic hydroxyl groups excluding tert-OH is 3. The lowest BCUT2D eigenvalue weighted by Gasteiger charge is -2.17. The van der Waals surface area contributed by atoms with Gasteiger partial charge in [-0.3, -0.25) is 0 Å². The molecule has 0 saturated heterocycles. The van der Waals surface area contributed by atoms with Gasteiger partial charge in [-0.15, -0.1) is 0 Å². The summed E-state index contributed by atoms with van der Waals surface area (Å²) in [6.07, 6.45) is -3.10. The van der Waals surface area contributed by atoms with Crippen LogP contribution in [0.25, 0.3) is 0 Å². The zero-order valence-corrected chi connectivity index (χ0v) is 8.32. The Morgan fingerprint density at radius 3 is 2.47 bits per heavy atom. The molecule has 0 spiro atoms. The maximum absolute atomic E-state index is 12.9. The third-order valence-electron chi connectivity index (χ3n) is 1.93. The van der Waals surface area contributed by atoms with E-state index < -0.39 is 30.4 Å². The average molecular weight is 237 g/mol. The first-order valence-electron chi connectivity index (χ1n) is 4.12. The van der Waals surface area contributed by atoms with E-state index in [4.69, 9.17) is 21.8 Å². The van der Waals surface area contributed by atoms with Gasteiger partial charge in [0.2, 0.25) is 0 Å². The van der Waals surface area contributed by atoms with E-state index in [2.05, 4.69) is 0 Å². The largest absolute Gasteiger partial charge is 0.506 e. The van der Waals surface area contributed by atoms with Crippen LogP contribution in [0.4, 0.5) is 4.39 Å². The fourth-order valence-corrected chi connectivity index (χ4v) is 1.33. The van der Waals surface area contributed by atoms with Crippen molar-refractivity contribution < 1.29 is 24.8 Å². The zero-order valence-electron chi connectivity index (χ0n) is 7.56. The van der Waals surface area contributed by atoms with Gasteiger partial charge in [-0.05, 0) is 12.1 Å². The Bertz CT molecular complexity index is 358. The van der Waals surface area contributed by atoms with E-state index in [1.807, 2.05) is 0 Å². The lowest BCUT2D eigenvalue weighted by molar-refractivity contribution is -0.0163. The van der Waals surface area contributed by atoms with Gasteiger partial charge < -0.3 is 20.4 Å². The number of benzene rings is 1. The van der Waals surface area contributed by atoms with Crippen LogP contribution in [-0.4, -0.2) is 33.1 Å². The minimum atomic E-state index is -1.59. The fourth-order valence-electron chi connectivity index (χ4n) is 1.12. The maximum atomic E-state index is 12.9. The van der Waals surface area contributed by atoms with Crippen LogP contribution in [0.15, 0.2) is 12.1 Å². The van der Waals surface area contributed by atoms with Crippen molar-refractivity contribution in [2.24, 2.45) is 0 Å². The Labute approximate surface area is 90.2 Å². The van der Waals surface area contributed by atoms with Crippen molar-refractivity contribution in [3.8, 4) is 5.75 Å². The number of halogens is 2. The van der Waals surface area contributed by atoms with Crippen molar-refractivity contribution in [1.82, 2.24) is 0 Å². The summed E-state index contributed by atoms with van der Waals surface area (Å²) in [5.74, 6) is -1.27. The summed E-state index contributed by atoms with van der Waals surface area (Å²) in [6.45, 7) is -0.714. The molecule has 0 aromatic heterocycles. The van der Waals surface area contributed by atoms with Gasteiger partial charge in [0.1, 0.15) is 23.8 Å². The second kappa shape index (κ2) is 4.76. The summed E-state index contributed by atoms with van der Waals surface area (Å²) in [4.78, 5) is 0. The van der Waals surface area contributed by atoms with Crippen LogP contribution in [-0.2, 0) is 0 Å². The number of hydrogen-bond donors (Lipinski definition) is 4. The molecule has 6 heteroatoms. The van der Waals surface area contributed by atoms with Crippen LogP contribution in [0.1, 0.15) is 11.7 Å². The average Bonchev–Trinajstić information content (AvgIpc) is 2.21. The quantitative estimate of drug-likeness (QED) is 0.619. The van der Waals surface area contributed by atoms with E-state index in [9.17, 15) is 14.6 Å². The Morgan fingerprint density at radius 2 is 1.93 bits per heavy atom. The first-order valence-corrected chi connectivity index (χ1v) is 4.50. The molecule has 0 fully saturated rings. The molecule has 1 aromatic rings. The van der Waals surface area contributed by atoms with E-state index in [1.54, 1.807) is 0 Å². The molecular weight excluding hydrogens is 227 g/mol. The second-order valence-corrected chi connectivity index (χ2v) is 3.43. The molecule has 4 nitrogen and oxygen atoms in total. The molecular formula is C9H10ClFO4. The van der Waals surface area contributed by atoms with Gasteiger partial charge in [0.05, 0.1) is 11.6 Å². The maximum Gasteiger partial charge on any atom is 0.140 e. The highest BCUT2D eigenvalue weighted by molar-refractivity contribution is 6.32. The van der Waals surface area contributed by atoms with E-state index in [1.165, 1.54) is 0 Å². The van der Waals surface area contributed by atoms with Crippen LogP contribution >= 0.6 is 11.6 Å². The fraction of sp³-hybridized carbons (Fsp3) is 0.333. The molecule has 0 saturated carbocycles. The summed E-state index contributed by atoms with van der Waals surface area (Å²) < 4.78 is 12.9. The molecule has 1 rings (SSSR count). The highest BCUT2D eigenvalue weighted by Gasteiger charge is 2.22. The molecule has 4 N–H and O–H groups in total. The van der Waals surface area contributed by atoms with Crippen molar-refractivity contribution in [1.29, 1.82) is 0 Å². The van der Waals surface area contributed by atoms with Gasteiger partial charge in [0.15, 0.2) is 0 Å². The van der Waals surface area contributed by atoms with E-state index in [-0.39, 0.29) is 10.6 Å². The zero-order chi connectivity index (χ0) is 11.6. The number of aromatic hydroxyl groups is 1. The Kier molecular flexibility index (Phi) is 3.87. The third kappa shape index (κ3) is 2.57. The van der Waals surface area contributed by atoms with Gasteiger partial charge in [0.25, 0.3) is 0 Å². The number of aliphatic hydroxyl groups is 3. The first-order chi connectivity index (χ1) is 6.97. The van der Waals surface area contributed by atoms with Crippen molar-refractivity contribution >= 4 is 11.6 Å². The van der Waals surface area contributed by atoms with Gasteiger partial charge >= 0.3 is 0 Å². The Balaban J connectivity index is 3.13. The summed E-state index contributed by atoms with van der Waals surface area (Å²) in [6, 6.07) is 1.71. The minimum absolute atomic E-state index is 0.262. The predicted molar refractivity (Wildman–Crippen MR) is 51.1 cm³/mol. The van der Waals surface area contributed by atoms with Crippen LogP contribution in [0, 0.1) is 5.82 Å². The van der Waals surface area contributed by atoms with Crippen LogP contribution in [0.2, 0.25) is 5.02 Å². The summed E-state index contributed by atoms with van der Waals surface area (Å²) in [5, 5.41) is 36.2. The molecule has 2 unspecified atom stereocenters.